The highest BCUT2D eigenvalue weighted by Gasteiger charge is 2.04. The van der Waals surface area contributed by atoms with Crippen molar-refractivity contribution in [2.24, 2.45) is 0 Å². The summed E-state index contributed by atoms with van der Waals surface area (Å²) < 4.78 is 5.04. The molecule has 0 fully saturated rings. The van der Waals surface area contributed by atoms with E-state index < -0.39 is 5.97 Å². The molecule has 1 aromatic carbocycles. The average molecular weight is 283 g/mol. The zero-order chi connectivity index (χ0) is 14.1. The van der Waals surface area contributed by atoms with Gasteiger partial charge in [-0.25, -0.2) is 0 Å². The maximum atomic E-state index is 11.5. The third-order valence-electron chi connectivity index (χ3n) is 2.25. The molecule has 1 aromatic rings. The van der Waals surface area contributed by atoms with E-state index in [2.05, 4.69) is 5.32 Å². The molecule has 0 aromatic heterocycles. The van der Waals surface area contributed by atoms with Crippen molar-refractivity contribution in [3.05, 3.63) is 35.4 Å². The topological polar surface area (TPSA) is 75.6 Å². The minimum Gasteiger partial charge on any atom is -0.481 e. The summed E-state index contributed by atoms with van der Waals surface area (Å²) in [7, 11) is 1.63. The Morgan fingerprint density at radius 1 is 1.32 bits per heavy atom. The molecule has 6 heteroatoms. The molecule has 0 saturated carbocycles. The fraction of sp³-hybridized carbons (Fsp3) is 0.385. The maximum Gasteiger partial charge on any atom is 0.313 e. The van der Waals surface area contributed by atoms with Crippen LogP contribution in [0.5, 0.6) is 0 Å². The Hall–Kier alpha value is -1.53. The van der Waals surface area contributed by atoms with Crippen LogP contribution >= 0.6 is 11.8 Å². The third-order valence-corrected chi connectivity index (χ3v) is 3.17. The van der Waals surface area contributed by atoms with E-state index in [0.717, 1.165) is 22.9 Å². The Morgan fingerprint density at radius 2 is 2.05 bits per heavy atom. The zero-order valence-electron chi connectivity index (χ0n) is 10.7. The van der Waals surface area contributed by atoms with Gasteiger partial charge >= 0.3 is 5.97 Å². The van der Waals surface area contributed by atoms with Crippen LogP contribution in [0.2, 0.25) is 0 Å². The second-order valence-corrected chi connectivity index (χ2v) is 4.90. The first kappa shape index (κ1) is 15.5. The lowest BCUT2D eigenvalue weighted by atomic mass is 10.1. The van der Waals surface area contributed by atoms with E-state index in [1.54, 1.807) is 7.11 Å². The van der Waals surface area contributed by atoms with Crippen LogP contribution < -0.4 is 5.32 Å². The van der Waals surface area contributed by atoms with Gasteiger partial charge in [0.25, 0.3) is 0 Å². The number of nitrogens with one attached hydrogen (secondary N) is 1. The minimum atomic E-state index is -0.912. The van der Waals surface area contributed by atoms with Crippen molar-refractivity contribution < 1.29 is 19.4 Å². The van der Waals surface area contributed by atoms with Gasteiger partial charge in [0, 0.05) is 13.7 Å². The van der Waals surface area contributed by atoms with Crippen molar-refractivity contribution in [3.8, 4) is 0 Å². The van der Waals surface area contributed by atoms with Crippen molar-refractivity contribution in [3.63, 3.8) is 0 Å². The summed E-state index contributed by atoms with van der Waals surface area (Å²) >= 11 is 1.08. The fourth-order valence-corrected chi connectivity index (χ4v) is 2.04. The van der Waals surface area contributed by atoms with Crippen LogP contribution in [0.25, 0.3) is 0 Å². The fourth-order valence-electron chi connectivity index (χ4n) is 1.48. The Bertz CT molecular complexity index is 436. The van der Waals surface area contributed by atoms with Gasteiger partial charge < -0.3 is 15.2 Å². The van der Waals surface area contributed by atoms with Crippen LogP contribution in [0.4, 0.5) is 0 Å². The third kappa shape index (κ3) is 6.83. The molecule has 19 heavy (non-hydrogen) atoms. The number of thioether (sulfide) groups is 1. The molecule has 0 unspecified atom stereocenters. The number of carbonyl (C=O) groups excluding carboxylic acids is 1. The van der Waals surface area contributed by atoms with Gasteiger partial charge in [-0.05, 0) is 11.1 Å². The average Bonchev–Trinajstić information content (AvgIpc) is 2.37. The number of amides is 1. The molecule has 5 nitrogen and oxygen atoms in total. The Kier molecular flexibility index (Phi) is 6.99. The van der Waals surface area contributed by atoms with Crippen LogP contribution in [-0.4, -0.2) is 35.6 Å². The number of carboxylic acid groups (broad SMARTS) is 1. The lowest BCUT2D eigenvalue weighted by Gasteiger charge is -2.06. The summed E-state index contributed by atoms with van der Waals surface area (Å²) in [5.74, 6) is -0.977. The summed E-state index contributed by atoms with van der Waals surface area (Å²) in [4.78, 5) is 21.8. The van der Waals surface area contributed by atoms with E-state index in [0.29, 0.717) is 13.2 Å². The number of rotatable bonds is 8. The van der Waals surface area contributed by atoms with Gasteiger partial charge in [0.1, 0.15) is 0 Å². The summed E-state index contributed by atoms with van der Waals surface area (Å²) in [6, 6.07) is 7.75. The van der Waals surface area contributed by atoms with E-state index in [1.165, 1.54) is 0 Å². The van der Waals surface area contributed by atoms with Gasteiger partial charge in [0.2, 0.25) is 5.91 Å². The molecule has 0 saturated heterocycles. The number of aliphatic carboxylic acids is 1. The van der Waals surface area contributed by atoms with Crippen molar-refractivity contribution >= 4 is 23.6 Å². The molecule has 0 atom stereocenters. The summed E-state index contributed by atoms with van der Waals surface area (Å²) in [6.07, 6.45) is 0. The van der Waals surface area contributed by atoms with E-state index in [4.69, 9.17) is 9.84 Å². The molecule has 0 aliphatic carbocycles. The number of carbonyl (C=O) groups is 2. The molecule has 0 heterocycles. The summed E-state index contributed by atoms with van der Waals surface area (Å²) in [5.41, 5.74) is 2.04. The molecular weight excluding hydrogens is 266 g/mol. The zero-order valence-corrected chi connectivity index (χ0v) is 11.5. The molecular formula is C13H17NO4S. The predicted molar refractivity (Wildman–Crippen MR) is 74.0 cm³/mol. The predicted octanol–water partition coefficient (Wildman–Crippen LogP) is 1.27. The number of carboxylic acids is 1. The van der Waals surface area contributed by atoms with E-state index in [9.17, 15) is 9.59 Å². The first-order valence-electron chi connectivity index (χ1n) is 5.75. The molecule has 0 radical (unpaired) electrons. The highest BCUT2D eigenvalue weighted by Crippen LogP contribution is 2.06. The molecule has 0 aliphatic rings. The van der Waals surface area contributed by atoms with Gasteiger partial charge in [0.15, 0.2) is 0 Å². The number of hydrogen-bond acceptors (Lipinski definition) is 4. The van der Waals surface area contributed by atoms with Crippen molar-refractivity contribution in [2.75, 3.05) is 18.6 Å². The number of hydrogen-bond donors (Lipinski definition) is 2. The highest BCUT2D eigenvalue weighted by molar-refractivity contribution is 8.00. The van der Waals surface area contributed by atoms with E-state index in [1.807, 2.05) is 24.3 Å². The number of benzene rings is 1. The first-order chi connectivity index (χ1) is 9.11. The monoisotopic (exact) mass is 283 g/mol. The van der Waals surface area contributed by atoms with Crippen LogP contribution in [0, 0.1) is 0 Å². The quantitative estimate of drug-likeness (QED) is 0.751. The van der Waals surface area contributed by atoms with Gasteiger partial charge in [-0.15, -0.1) is 11.8 Å². The standard InChI is InChI=1S/C13H17NO4S/c1-18-7-11-4-2-3-10(5-11)6-14-12(15)8-19-9-13(16)17/h2-5H,6-9H2,1H3,(H,14,15)(H,16,17). The Balaban J connectivity index is 2.33. The van der Waals surface area contributed by atoms with Gasteiger partial charge in [0.05, 0.1) is 18.1 Å². The second-order valence-electron chi connectivity index (χ2n) is 3.92. The van der Waals surface area contributed by atoms with Crippen LogP contribution in [0.15, 0.2) is 24.3 Å². The van der Waals surface area contributed by atoms with Gasteiger partial charge in [-0.1, -0.05) is 24.3 Å². The largest absolute Gasteiger partial charge is 0.481 e. The van der Waals surface area contributed by atoms with Gasteiger partial charge in [-0.2, -0.15) is 0 Å². The molecule has 0 bridgehead atoms. The van der Waals surface area contributed by atoms with Gasteiger partial charge in [-0.3, -0.25) is 9.59 Å². The number of ether oxygens (including phenoxy) is 1. The SMILES string of the molecule is COCc1cccc(CNC(=O)CSCC(=O)O)c1. The molecule has 1 amide bonds. The van der Waals surface area contributed by atoms with Crippen LogP contribution in [0.3, 0.4) is 0 Å². The lowest BCUT2D eigenvalue weighted by Crippen LogP contribution is -2.25. The normalized spacial score (nSPS) is 10.2. The second kappa shape index (κ2) is 8.55. The Labute approximate surface area is 116 Å². The van der Waals surface area contributed by atoms with Crippen LogP contribution in [0.1, 0.15) is 11.1 Å². The molecule has 0 aliphatic heterocycles. The van der Waals surface area contributed by atoms with E-state index in [-0.39, 0.29) is 17.4 Å². The maximum absolute atomic E-state index is 11.5. The van der Waals surface area contributed by atoms with E-state index >= 15 is 0 Å². The van der Waals surface area contributed by atoms with Crippen molar-refractivity contribution in [1.29, 1.82) is 0 Å². The summed E-state index contributed by atoms with van der Waals surface area (Å²) in [6.45, 7) is 0.972. The van der Waals surface area contributed by atoms with Crippen LogP contribution in [-0.2, 0) is 27.5 Å². The minimum absolute atomic E-state index is 0.0588. The Morgan fingerprint density at radius 3 is 2.74 bits per heavy atom. The number of methoxy groups -OCH3 is 1. The lowest BCUT2D eigenvalue weighted by molar-refractivity contribution is -0.133. The first-order valence-corrected chi connectivity index (χ1v) is 6.90. The molecule has 0 spiro atoms. The molecule has 2 N–H and O–H groups in total. The molecule has 1 rings (SSSR count). The molecule has 104 valence electrons. The smallest absolute Gasteiger partial charge is 0.313 e. The van der Waals surface area contributed by atoms with Crippen molar-refractivity contribution in [2.45, 2.75) is 13.2 Å². The highest BCUT2D eigenvalue weighted by atomic mass is 32.2. The van der Waals surface area contributed by atoms with Crippen molar-refractivity contribution in [1.82, 2.24) is 5.32 Å². The summed E-state index contributed by atoms with van der Waals surface area (Å²) in [5, 5.41) is 11.2.